The largest absolute Gasteiger partial charge is 0.508 e. The molecule has 4 aromatic carbocycles. The van der Waals surface area contributed by atoms with Gasteiger partial charge in [-0.15, -0.1) is 0 Å². The minimum Gasteiger partial charge on any atom is -0.508 e. The van der Waals surface area contributed by atoms with Crippen LogP contribution in [0.15, 0.2) is 91.0 Å². The molecule has 67 heavy (non-hydrogen) atoms. The molecule has 352 valence electrons. The monoisotopic (exact) mass is 946 g/mol. The Kier molecular flexibility index (Phi) is 13.3. The lowest BCUT2D eigenvalue weighted by Crippen LogP contribution is -2.54. The van der Waals surface area contributed by atoms with Crippen molar-refractivity contribution < 1.29 is 70.0 Å². The average Bonchev–Trinajstić information content (AvgIpc) is 3.97. The number of carbonyl (C=O) groups is 5. The van der Waals surface area contributed by atoms with Gasteiger partial charge in [0.25, 0.3) is 17.7 Å². The highest BCUT2D eigenvalue weighted by atomic mass is 32.2. The molecule has 2 saturated heterocycles. The normalized spacial score (nSPS) is 20.3. The summed E-state index contributed by atoms with van der Waals surface area (Å²) in [5.41, 5.74) is 2.05. The Balaban J connectivity index is 0.807. The van der Waals surface area contributed by atoms with Gasteiger partial charge >= 0.3 is 6.18 Å². The molecule has 4 unspecified atom stereocenters. The van der Waals surface area contributed by atoms with Crippen LogP contribution in [0.4, 0.5) is 18.9 Å². The smallest absolute Gasteiger partial charge is 0.407 e. The predicted octanol–water partition coefficient (Wildman–Crippen LogP) is 5.48. The molecule has 0 radical (unpaired) electrons. The molecule has 0 aromatic heterocycles. The summed E-state index contributed by atoms with van der Waals surface area (Å²) in [4.78, 5) is 63.6. The number of nitrogens with one attached hydrogen (secondary N) is 2. The van der Waals surface area contributed by atoms with Crippen LogP contribution in [-0.2, 0) is 29.1 Å². The van der Waals surface area contributed by atoms with Gasteiger partial charge in [0.15, 0.2) is 6.61 Å². The van der Waals surface area contributed by atoms with Gasteiger partial charge < -0.3 is 29.7 Å². The van der Waals surface area contributed by atoms with Crippen LogP contribution < -0.4 is 24.4 Å². The zero-order valence-electron chi connectivity index (χ0n) is 35.7. The Hall–Kier alpha value is -6.93. The zero-order chi connectivity index (χ0) is 47.6. The number of sulfonamides is 1. The maximum atomic E-state index is 14.3. The number of ether oxygens (including phenoxy) is 3. The summed E-state index contributed by atoms with van der Waals surface area (Å²) < 4.78 is 88.9. The van der Waals surface area contributed by atoms with Crippen LogP contribution in [0.1, 0.15) is 76.8 Å². The van der Waals surface area contributed by atoms with Gasteiger partial charge in [0.1, 0.15) is 46.9 Å². The molecule has 4 aliphatic rings. The van der Waals surface area contributed by atoms with E-state index in [9.17, 15) is 55.8 Å². The minimum atomic E-state index is -4.89. The van der Waals surface area contributed by atoms with Crippen molar-refractivity contribution >= 4 is 56.4 Å². The van der Waals surface area contributed by atoms with E-state index in [1.54, 1.807) is 24.3 Å². The number of aromatic hydroxyl groups is 2. The SMILES string of the molecule is O=C(COc1cccc2c1C(=O)N(C1CCC(=O)NC1=O)C2=O)NCCCCCCOc1ccc(N(CC(F)(F)F)S(=O)(=O)C2CC3OC2C(c2ccc(O)cc2)=C3c2ccc(O)cc2)cc1. The average molecular weight is 947 g/mol. The summed E-state index contributed by atoms with van der Waals surface area (Å²) in [6.07, 6.45) is -4.30. The molecule has 0 aliphatic carbocycles. The first kappa shape index (κ1) is 46.6. The lowest BCUT2D eigenvalue weighted by molar-refractivity contribution is -0.136. The summed E-state index contributed by atoms with van der Waals surface area (Å²) in [7, 11) is -4.71. The Morgan fingerprint density at radius 1 is 0.836 bits per heavy atom. The second-order valence-corrected chi connectivity index (χ2v) is 18.5. The molecule has 5 amide bonds. The second-order valence-electron chi connectivity index (χ2n) is 16.4. The van der Waals surface area contributed by atoms with Crippen molar-refractivity contribution in [1.82, 2.24) is 15.5 Å². The van der Waals surface area contributed by atoms with Crippen LogP contribution in [0.5, 0.6) is 23.0 Å². The molecule has 8 rings (SSSR count). The number of nitrogens with zero attached hydrogens (tertiary/aromatic N) is 2. The highest BCUT2D eigenvalue weighted by molar-refractivity contribution is 7.93. The standard InChI is InChI=1S/C47H45F3N4O12S/c48-47(49,50)26-53(67(62,63)37-24-36-40(27-8-14-30(55)15-9-27)41(43(37)66-36)28-10-16-31(56)17-11-28)29-12-18-32(19-13-29)64-23-4-2-1-3-22-51-39(58)25-65-35-7-5-6-33-42(35)46(61)54(45(33)60)34-20-21-38(57)52-44(34)59/h5-19,34,36-37,43,55-56H,1-4,20-26H2,(H,51,58)(H,52,57,59). The topological polar surface area (TPSA) is 218 Å². The van der Waals surface area contributed by atoms with Crippen LogP contribution in [-0.4, -0.2) is 109 Å². The van der Waals surface area contributed by atoms with Gasteiger partial charge in [0.05, 0.1) is 29.5 Å². The van der Waals surface area contributed by atoms with Crippen LogP contribution in [0.3, 0.4) is 0 Å². The maximum absolute atomic E-state index is 14.3. The highest BCUT2D eigenvalue weighted by Crippen LogP contribution is 2.51. The van der Waals surface area contributed by atoms with Gasteiger partial charge in [0.2, 0.25) is 21.8 Å². The number of phenols is 2. The van der Waals surface area contributed by atoms with Crippen LogP contribution in [0.2, 0.25) is 0 Å². The van der Waals surface area contributed by atoms with E-state index in [4.69, 9.17) is 14.2 Å². The molecule has 4 N–H and O–H groups in total. The number of anilines is 1. The van der Waals surface area contributed by atoms with Crippen molar-refractivity contribution in [2.45, 2.75) is 74.6 Å². The zero-order valence-corrected chi connectivity index (χ0v) is 36.5. The molecule has 16 nitrogen and oxygen atoms in total. The van der Waals surface area contributed by atoms with E-state index >= 15 is 0 Å². The van der Waals surface area contributed by atoms with Crippen molar-refractivity contribution in [1.29, 1.82) is 0 Å². The number of piperidine rings is 1. The number of hydrogen-bond donors (Lipinski definition) is 4. The first-order valence-electron chi connectivity index (χ1n) is 21.5. The molecule has 0 saturated carbocycles. The van der Waals surface area contributed by atoms with E-state index in [1.807, 2.05) is 0 Å². The fraction of sp³-hybridized carbons (Fsp3) is 0.340. The van der Waals surface area contributed by atoms with Crippen molar-refractivity contribution in [3.05, 3.63) is 113 Å². The van der Waals surface area contributed by atoms with E-state index in [0.717, 1.165) is 4.90 Å². The summed E-state index contributed by atoms with van der Waals surface area (Å²) in [5.74, 6) is -2.85. The van der Waals surface area contributed by atoms with Gasteiger partial charge in [-0.1, -0.05) is 43.2 Å². The van der Waals surface area contributed by atoms with Crippen molar-refractivity contribution in [2.75, 3.05) is 30.6 Å². The summed E-state index contributed by atoms with van der Waals surface area (Å²) in [5, 5.41) is 23.3. The third-order valence-corrected chi connectivity index (χ3v) is 14.1. The van der Waals surface area contributed by atoms with Gasteiger partial charge in [-0.2, -0.15) is 13.2 Å². The number of hydrogen-bond acceptors (Lipinski definition) is 12. The Labute approximate surface area is 382 Å². The van der Waals surface area contributed by atoms with Gasteiger partial charge in [0, 0.05) is 13.0 Å². The lowest BCUT2D eigenvalue weighted by atomic mass is 9.83. The second kappa shape index (κ2) is 19.1. The van der Waals surface area contributed by atoms with Crippen molar-refractivity contribution in [2.24, 2.45) is 0 Å². The Morgan fingerprint density at radius 3 is 2.15 bits per heavy atom. The van der Waals surface area contributed by atoms with Crippen LogP contribution in [0, 0.1) is 0 Å². The van der Waals surface area contributed by atoms with Gasteiger partial charge in [-0.3, -0.25) is 38.5 Å². The number of imide groups is 2. The number of benzene rings is 4. The molecular formula is C47H45F3N4O12S. The number of unbranched alkanes of at least 4 members (excludes halogenated alkanes) is 3. The van der Waals surface area contributed by atoms with Crippen LogP contribution >= 0.6 is 0 Å². The summed E-state index contributed by atoms with van der Waals surface area (Å²) in [6.45, 7) is -1.64. The number of phenolic OH excluding ortho intramolecular Hbond substituents is 2. The molecule has 4 atom stereocenters. The maximum Gasteiger partial charge on any atom is 0.407 e. The first-order chi connectivity index (χ1) is 32.0. The van der Waals surface area contributed by atoms with E-state index < -0.39 is 82.4 Å². The fourth-order valence-electron chi connectivity index (χ4n) is 8.80. The van der Waals surface area contributed by atoms with E-state index in [0.29, 0.717) is 64.6 Å². The van der Waals surface area contributed by atoms with E-state index in [2.05, 4.69) is 10.6 Å². The summed E-state index contributed by atoms with van der Waals surface area (Å²) >= 11 is 0. The molecule has 20 heteroatoms. The molecule has 4 aromatic rings. The number of amides is 5. The number of halogens is 3. The minimum absolute atomic E-state index is 0.00204. The number of rotatable bonds is 18. The molecule has 2 bridgehead atoms. The number of fused-ring (bicyclic) bond motifs is 3. The molecule has 4 heterocycles. The third-order valence-electron chi connectivity index (χ3n) is 11.9. The molecule has 0 spiro atoms. The van der Waals surface area contributed by atoms with Crippen molar-refractivity contribution in [3.63, 3.8) is 0 Å². The summed E-state index contributed by atoms with van der Waals surface area (Å²) in [6, 6.07) is 20.8. The fourth-order valence-corrected chi connectivity index (χ4v) is 10.8. The van der Waals surface area contributed by atoms with Crippen molar-refractivity contribution in [3.8, 4) is 23.0 Å². The quantitative estimate of drug-likeness (QED) is 0.0720. The Morgan fingerprint density at radius 2 is 1.49 bits per heavy atom. The van der Waals surface area contributed by atoms with E-state index in [1.165, 1.54) is 66.7 Å². The first-order valence-corrected chi connectivity index (χ1v) is 23.0. The molecule has 2 fully saturated rings. The van der Waals surface area contributed by atoms with E-state index in [-0.39, 0.29) is 59.9 Å². The van der Waals surface area contributed by atoms with Gasteiger partial charge in [-0.05, 0) is 109 Å². The van der Waals surface area contributed by atoms with Gasteiger partial charge in [-0.25, -0.2) is 8.42 Å². The Bertz CT molecular complexity index is 2710. The molecule has 4 aliphatic heterocycles. The third kappa shape index (κ3) is 9.95. The highest BCUT2D eigenvalue weighted by Gasteiger charge is 2.55. The number of alkyl halides is 3. The lowest BCUT2D eigenvalue weighted by Gasteiger charge is -2.32. The predicted molar refractivity (Wildman–Crippen MR) is 234 cm³/mol. The number of carbonyl (C=O) groups excluding carboxylic acids is 5. The molecular weight excluding hydrogens is 902 g/mol. The van der Waals surface area contributed by atoms with Crippen LogP contribution in [0.25, 0.3) is 11.1 Å².